The number of carbonyl (C=O) groups is 1. The first-order chi connectivity index (χ1) is 10.3. The molecule has 1 aliphatic carbocycles. The maximum absolute atomic E-state index is 13.2. The van der Waals surface area contributed by atoms with Crippen molar-refractivity contribution in [3.63, 3.8) is 0 Å². The Morgan fingerprint density at radius 2 is 2.18 bits per heavy atom. The predicted octanol–water partition coefficient (Wildman–Crippen LogP) is 1.59. The highest BCUT2D eigenvalue weighted by atomic mass is 32.2. The smallest absolute Gasteiger partial charge is 0.332 e. The van der Waals surface area contributed by atoms with E-state index in [1.165, 1.54) is 12.1 Å². The summed E-state index contributed by atoms with van der Waals surface area (Å²) in [5, 5.41) is 8.01. The summed E-state index contributed by atoms with van der Waals surface area (Å²) in [5.74, 6) is -1.76. The van der Waals surface area contributed by atoms with E-state index in [0.29, 0.717) is 18.4 Å². The lowest BCUT2D eigenvalue weighted by Gasteiger charge is -2.23. The molecule has 1 aliphatic rings. The Bertz CT molecular complexity index is 716. The molecule has 4 N–H and O–H groups in total. The van der Waals surface area contributed by atoms with Crippen LogP contribution in [-0.4, -0.2) is 24.7 Å². The molecule has 1 aromatic carbocycles. The van der Waals surface area contributed by atoms with Crippen molar-refractivity contribution in [3.8, 4) is 0 Å². The average Bonchev–Trinajstić information content (AvgIpc) is 2.48. The van der Waals surface area contributed by atoms with Crippen molar-refractivity contribution in [3.05, 3.63) is 41.2 Å². The van der Waals surface area contributed by atoms with E-state index in [1.807, 2.05) is 0 Å². The number of nitrogens with one attached hydrogen (secondary N) is 1. The third-order valence-corrected chi connectivity index (χ3v) is 5.29. The van der Waals surface area contributed by atoms with Gasteiger partial charge in [0.1, 0.15) is 11.1 Å². The lowest BCUT2D eigenvalue weighted by molar-refractivity contribution is -0.132. The van der Waals surface area contributed by atoms with E-state index in [2.05, 4.69) is 4.72 Å². The molecular formula is C14H17FN2O4S. The number of carboxylic acid groups (broad SMARTS) is 1. The average molecular weight is 328 g/mol. The van der Waals surface area contributed by atoms with Gasteiger partial charge in [-0.2, -0.15) is 0 Å². The fraction of sp³-hybridized carbons (Fsp3) is 0.357. The van der Waals surface area contributed by atoms with E-state index < -0.39 is 27.1 Å². The van der Waals surface area contributed by atoms with Crippen LogP contribution in [0.2, 0.25) is 0 Å². The Kier molecular flexibility index (Phi) is 4.82. The summed E-state index contributed by atoms with van der Waals surface area (Å²) in [5.41, 5.74) is 5.83. The highest BCUT2D eigenvalue weighted by Crippen LogP contribution is 2.27. The van der Waals surface area contributed by atoms with Crippen molar-refractivity contribution in [1.82, 2.24) is 0 Å². The topological polar surface area (TPSA) is 109 Å². The number of nitrogens with two attached hydrogens (primary N) is 1. The van der Waals surface area contributed by atoms with Crippen LogP contribution in [0.3, 0.4) is 0 Å². The summed E-state index contributed by atoms with van der Waals surface area (Å²) in [4.78, 5) is 11.2. The number of rotatable bonds is 5. The molecule has 1 unspecified atom stereocenters. The summed E-state index contributed by atoms with van der Waals surface area (Å²) < 4.78 is 40.5. The van der Waals surface area contributed by atoms with E-state index in [1.54, 1.807) is 0 Å². The van der Waals surface area contributed by atoms with Gasteiger partial charge >= 0.3 is 5.97 Å². The first kappa shape index (κ1) is 16.4. The second-order valence-electron chi connectivity index (χ2n) is 5.04. The van der Waals surface area contributed by atoms with E-state index >= 15 is 0 Å². The van der Waals surface area contributed by atoms with E-state index in [4.69, 9.17) is 10.8 Å². The molecule has 0 saturated heterocycles. The number of aliphatic carboxylic acids is 1. The molecule has 0 aromatic heterocycles. The Labute approximate surface area is 127 Å². The van der Waals surface area contributed by atoms with E-state index in [-0.39, 0.29) is 24.2 Å². The molecule has 6 nitrogen and oxygen atoms in total. The molecule has 120 valence electrons. The number of hydrogen-bond donors (Lipinski definition) is 3. The third kappa shape index (κ3) is 3.45. The van der Waals surface area contributed by atoms with Gasteiger partial charge in [-0.15, -0.1) is 0 Å². The van der Waals surface area contributed by atoms with Crippen molar-refractivity contribution in [1.29, 1.82) is 0 Å². The summed E-state index contributed by atoms with van der Waals surface area (Å²) in [7, 11) is -3.95. The van der Waals surface area contributed by atoms with Crippen LogP contribution >= 0.6 is 0 Å². The van der Waals surface area contributed by atoms with Gasteiger partial charge in [0, 0.05) is 6.54 Å². The predicted molar refractivity (Wildman–Crippen MR) is 80.2 cm³/mol. The van der Waals surface area contributed by atoms with Gasteiger partial charge in [0.2, 0.25) is 10.0 Å². The van der Waals surface area contributed by atoms with Gasteiger partial charge in [-0.3, -0.25) is 4.72 Å². The molecule has 0 aliphatic heterocycles. The highest BCUT2D eigenvalue weighted by molar-refractivity contribution is 7.93. The molecule has 0 fully saturated rings. The quantitative estimate of drug-likeness (QED) is 0.760. The Hall–Kier alpha value is -1.93. The Balaban J connectivity index is 2.33. The minimum Gasteiger partial charge on any atom is -0.478 e. The van der Waals surface area contributed by atoms with Crippen molar-refractivity contribution in [2.75, 3.05) is 4.72 Å². The lowest BCUT2D eigenvalue weighted by Crippen LogP contribution is -2.34. The summed E-state index contributed by atoms with van der Waals surface area (Å²) in [6.45, 7) is -0.0398. The SMILES string of the molecule is NCc1cc(F)ccc1NS(=O)(=O)C1CCCC=C1C(=O)O. The van der Waals surface area contributed by atoms with Crippen LogP contribution in [0.5, 0.6) is 0 Å². The zero-order chi connectivity index (χ0) is 16.3. The third-order valence-electron chi connectivity index (χ3n) is 3.54. The molecule has 2 rings (SSSR count). The van der Waals surface area contributed by atoms with Gasteiger partial charge < -0.3 is 10.8 Å². The van der Waals surface area contributed by atoms with Gasteiger partial charge in [-0.25, -0.2) is 17.6 Å². The van der Waals surface area contributed by atoms with E-state index in [0.717, 1.165) is 12.1 Å². The summed E-state index contributed by atoms with van der Waals surface area (Å²) in [6, 6.07) is 3.54. The van der Waals surface area contributed by atoms with Crippen molar-refractivity contribution >= 4 is 21.7 Å². The number of halogens is 1. The molecule has 0 bridgehead atoms. The zero-order valence-electron chi connectivity index (χ0n) is 11.8. The first-order valence-electron chi connectivity index (χ1n) is 6.78. The van der Waals surface area contributed by atoms with Crippen molar-refractivity contribution in [2.24, 2.45) is 5.73 Å². The Morgan fingerprint density at radius 1 is 1.45 bits per heavy atom. The van der Waals surface area contributed by atoms with Crippen LogP contribution in [-0.2, 0) is 21.4 Å². The van der Waals surface area contributed by atoms with Crippen LogP contribution in [0, 0.1) is 5.82 Å². The molecule has 0 saturated carbocycles. The number of carboxylic acids is 1. The number of benzene rings is 1. The maximum atomic E-state index is 13.2. The molecule has 0 heterocycles. The van der Waals surface area contributed by atoms with E-state index in [9.17, 15) is 17.6 Å². The lowest BCUT2D eigenvalue weighted by atomic mass is 9.99. The molecule has 22 heavy (non-hydrogen) atoms. The molecule has 8 heteroatoms. The number of hydrogen-bond acceptors (Lipinski definition) is 4. The second-order valence-corrected chi connectivity index (χ2v) is 6.90. The van der Waals surface area contributed by atoms with Gasteiger partial charge in [0.25, 0.3) is 0 Å². The van der Waals surface area contributed by atoms with Crippen LogP contribution < -0.4 is 10.5 Å². The zero-order valence-corrected chi connectivity index (χ0v) is 12.6. The fourth-order valence-electron chi connectivity index (χ4n) is 2.45. The number of anilines is 1. The van der Waals surface area contributed by atoms with Gasteiger partial charge in [-0.05, 0) is 43.0 Å². The van der Waals surface area contributed by atoms with Crippen molar-refractivity contribution < 1.29 is 22.7 Å². The van der Waals surface area contributed by atoms with Crippen LogP contribution in [0.4, 0.5) is 10.1 Å². The maximum Gasteiger partial charge on any atom is 0.332 e. The Morgan fingerprint density at radius 3 is 2.82 bits per heavy atom. The molecule has 0 amide bonds. The first-order valence-corrected chi connectivity index (χ1v) is 8.33. The summed E-state index contributed by atoms with van der Waals surface area (Å²) >= 11 is 0. The number of allylic oxidation sites excluding steroid dienone is 1. The minimum atomic E-state index is -3.95. The minimum absolute atomic E-state index is 0.0398. The largest absolute Gasteiger partial charge is 0.478 e. The fourth-order valence-corrected chi connectivity index (χ4v) is 4.11. The molecule has 0 radical (unpaired) electrons. The molecule has 1 aromatic rings. The van der Waals surface area contributed by atoms with Crippen LogP contribution in [0.15, 0.2) is 29.8 Å². The van der Waals surface area contributed by atoms with Gasteiger partial charge in [-0.1, -0.05) is 6.08 Å². The van der Waals surface area contributed by atoms with Crippen LogP contribution in [0.1, 0.15) is 24.8 Å². The molecular weight excluding hydrogens is 311 g/mol. The molecule has 0 spiro atoms. The normalized spacial score (nSPS) is 18.6. The monoisotopic (exact) mass is 328 g/mol. The second kappa shape index (κ2) is 6.45. The van der Waals surface area contributed by atoms with Crippen LogP contribution in [0.25, 0.3) is 0 Å². The summed E-state index contributed by atoms with van der Waals surface area (Å²) in [6.07, 6.45) is 2.80. The molecule has 1 atom stereocenters. The van der Waals surface area contributed by atoms with Crippen molar-refractivity contribution in [2.45, 2.75) is 31.1 Å². The standard InChI is InChI=1S/C14H17FN2O4S/c15-10-5-6-12(9(7-10)8-16)17-22(20,21)13-4-2-1-3-11(13)14(18)19/h3,5-7,13,17H,1-2,4,8,16H2,(H,18,19). The highest BCUT2D eigenvalue weighted by Gasteiger charge is 2.34. The van der Waals surface area contributed by atoms with Gasteiger partial charge in [0.15, 0.2) is 0 Å². The van der Waals surface area contributed by atoms with Gasteiger partial charge in [0.05, 0.1) is 11.3 Å². The number of sulfonamides is 1.